The summed E-state index contributed by atoms with van der Waals surface area (Å²) < 4.78 is 0. The fourth-order valence-corrected chi connectivity index (χ4v) is 9.16. The molecule has 0 aromatic heterocycles. The second kappa shape index (κ2) is 8.41. The minimum Gasteiger partial charge on any atom is -0.393 e. The lowest BCUT2D eigenvalue weighted by Gasteiger charge is -2.58. The van der Waals surface area contributed by atoms with E-state index in [0.717, 1.165) is 49.4 Å². The highest BCUT2D eigenvalue weighted by Crippen LogP contribution is 2.67. The van der Waals surface area contributed by atoms with Crippen molar-refractivity contribution in [3.63, 3.8) is 0 Å². The lowest BCUT2D eigenvalue weighted by molar-refractivity contribution is -0.175. The van der Waals surface area contributed by atoms with Crippen molar-refractivity contribution in [2.45, 2.75) is 110 Å². The minimum atomic E-state index is -0.118. The van der Waals surface area contributed by atoms with Gasteiger partial charge in [0.1, 0.15) is 0 Å². The number of rotatable bonds is 4. The van der Waals surface area contributed by atoms with Gasteiger partial charge in [-0.25, -0.2) is 5.06 Å². The van der Waals surface area contributed by atoms with Gasteiger partial charge in [0.15, 0.2) is 0 Å². The van der Waals surface area contributed by atoms with Crippen LogP contribution in [0.1, 0.15) is 98.3 Å². The summed E-state index contributed by atoms with van der Waals surface area (Å²) in [5.74, 6) is 3.96. The lowest BCUT2D eigenvalue weighted by Crippen LogP contribution is -2.50. The molecule has 9 atom stereocenters. The van der Waals surface area contributed by atoms with Gasteiger partial charge in [-0.15, -0.1) is 0 Å². The summed E-state index contributed by atoms with van der Waals surface area (Å²) in [4.78, 5) is 18.3. The van der Waals surface area contributed by atoms with Crippen LogP contribution < -0.4 is 0 Å². The van der Waals surface area contributed by atoms with Crippen LogP contribution in [0.2, 0.25) is 0 Å². The molecule has 3 saturated carbocycles. The number of allylic oxidation sites excluding steroid dienone is 1. The van der Waals surface area contributed by atoms with E-state index < -0.39 is 0 Å². The Morgan fingerprint density at radius 2 is 2.00 bits per heavy atom. The molecule has 0 bridgehead atoms. The SMILES string of the molecule is CC(CCC(=O)N1OCCC1C)[C@H]1CC[C@H]2[C@@H]3CC=C4C[C@@H](O)CC[C@]4(C)[C@H]3CC[C@]12C. The van der Waals surface area contributed by atoms with Gasteiger partial charge in [-0.05, 0) is 112 Å². The number of fused-ring (bicyclic) bond motifs is 5. The Morgan fingerprint density at radius 3 is 2.75 bits per heavy atom. The number of aliphatic hydroxyl groups excluding tert-OH is 1. The van der Waals surface area contributed by atoms with E-state index in [1.807, 2.05) is 0 Å². The maximum atomic E-state index is 12.7. The second-order valence-corrected chi connectivity index (χ2v) is 12.6. The molecule has 4 heteroatoms. The highest BCUT2D eigenvalue weighted by molar-refractivity contribution is 5.75. The third kappa shape index (κ3) is 3.59. The fourth-order valence-electron chi connectivity index (χ4n) is 9.16. The van der Waals surface area contributed by atoms with Gasteiger partial charge < -0.3 is 5.11 Å². The first-order valence-corrected chi connectivity index (χ1v) is 13.6. The Morgan fingerprint density at radius 1 is 1.19 bits per heavy atom. The van der Waals surface area contributed by atoms with E-state index in [1.54, 1.807) is 10.6 Å². The smallest absolute Gasteiger partial charge is 0.246 e. The first-order valence-electron chi connectivity index (χ1n) is 13.6. The standard InChI is InChI=1S/C28H45NO3/c1-18(5-10-26(31)29-19(2)13-16-32-29)23-8-9-24-22-7-6-20-17-21(30)11-14-27(20,3)25(22)12-15-28(23,24)4/h6,18-19,21-25,30H,5,7-17H2,1-4H3/t18?,19?,21-,22-,23+,24-,25-,27-,28+/m0/s1. The van der Waals surface area contributed by atoms with Crippen molar-refractivity contribution < 1.29 is 14.7 Å². The normalized spacial score (nSPS) is 46.8. The van der Waals surface area contributed by atoms with E-state index >= 15 is 0 Å². The largest absolute Gasteiger partial charge is 0.393 e. The molecule has 5 rings (SSSR count). The van der Waals surface area contributed by atoms with Crippen LogP contribution in [0, 0.1) is 40.4 Å². The van der Waals surface area contributed by atoms with Crippen molar-refractivity contribution in [3.05, 3.63) is 11.6 Å². The summed E-state index contributed by atoms with van der Waals surface area (Å²) >= 11 is 0. The zero-order valence-corrected chi connectivity index (χ0v) is 20.8. The number of amides is 1. The molecule has 0 aromatic carbocycles. The molecule has 4 fully saturated rings. The molecule has 5 aliphatic rings. The van der Waals surface area contributed by atoms with Crippen LogP contribution in [-0.4, -0.2) is 34.8 Å². The summed E-state index contributed by atoms with van der Waals surface area (Å²) in [6.07, 6.45) is 14.7. The van der Waals surface area contributed by atoms with Crippen LogP contribution in [0.25, 0.3) is 0 Å². The van der Waals surface area contributed by atoms with Gasteiger partial charge in [0, 0.05) is 6.42 Å². The van der Waals surface area contributed by atoms with Crippen LogP contribution in [0.5, 0.6) is 0 Å². The van der Waals surface area contributed by atoms with Crippen LogP contribution in [-0.2, 0) is 9.63 Å². The third-order valence-electron chi connectivity index (χ3n) is 11.1. The number of nitrogens with zero attached hydrogens (tertiary/aromatic N) is 1. The summed E-state index contributed by atoms with van der Waals surface area (Å²) in [5.41, 5.74) is 2.32. The third-order valence-corrected chi connectivity index (χ3v) is 11.1. The van der Waals surface area contributed by atoms with Crippen molar-refractivity contribution in [2.24, 2.45) is 40.4 Å². The van der Waals surface area contributed by atoms with E-state index in [-0.39, 0.29) is 18.1 Å². The first-order chi connectivity index (χ1) is 15.2. The van der Waals surface area contributed by atoms with E-state index in [4.69, 9.17) is 4.84 Å². The van der Waals surface area contributed by atoms with Crippen molar-refractivity contribution in [1.29, 1.82) is 0 Å². The van der Waals surface area contributed by atoms with Crippen molar-refractivity contribution in [2.75, 3.05) is 6.61 Å². The molecule has 1 saturated heterocycles. The maximum absolute atomic E-state index is 12.7. The number of hydrogen-bond donors (Lipinski definition) is 1. The predicted octanol–water partition coefficient (Wildman–Crippen LogP) is 5.90. The molecule has 2 unspecified atom stereocenters. The van der Waals surface area contributed by atoms with Crippen molar-refractivity contribution in [1.82, 2.24) is 5.06 Å². The van der Waals surface area contributed by atoms with Gasteiger partial charge in [0.2, 0.25) is 5.91 Å². The Hall–Kier alpha value is -0.870. The molecule has 1 aliphatic heterocycles. The summed E-state index contributed by atoms with van der Waals surface area (Å²) in [7, 11) is 0. The number of hydroxylamine groups is 2. The minimum absolute atomic E-state index is 0.118. The van der Waals surface area contributed by atoms with Crippen LogP contribution >= 0.6 is 0 Å². The van der Waals surface area contributed by atoms with Crippen LogP contribution in [0.3, 0.4) is 0 Å². The highest BCUT2D eigenvalue weighted by Gasteiger charge is 2.59. The van der Waals surface area contributed by atoms with Gasteiger partial charge in [-0.2, -0.15) is 0 Å². The number of hydrogen-bond acceptors (Lipinski definition) is 3. The Bertz CT molecular complexity index is 764. The molecule has 1 amide bonds. The quantitative estimate of drug-likeness (QED) is 0.551. The van der Waals surface area contributed by atoms with Crippen LogP contribution in [0.15, 0.2) is 11.6 Å². The molecular formula is C28H45NO3. The number of carbonyl (C=O) groups excluding carboxylic acids is 1. The topological polar surface area (TPSA) is 49.8 Å². The summed E-state index contributed by atoms with van der Waals surface area (Å²) in [6, 6.07) is 0.230. The van der Waals surface area contributed by atoms with E-state index in [2.05, 4.69) is 33.8 Å². The molecular weight excluding hydrogens is 398 g/mol. The Kier molecular flexibility index (Phi) is 6.02. The molecule has 0 aromatic rings. The van der Waals surface area contributed by atoms with Gasteiger partial charge >= 0.3 is 0 Å². The van der Waals surface area contributed by atoms with E-state index in [1.165, 1.54) is 38.5 Å². The molecule has 0 spiro atoms. The van der Waals surface area contributed by atoms with Gasteiger partial charge in [-0.3, -0.25) is 9.63 Å². The maximum Gasteiger partial charge on any atom is 0.246 e. The molecule has 1 N–H and O–H groups in total. The monoisotopic (exact) mass is 443 g/mol. The summed E-state index contributed by atoms with van der Waals surface area (Å²) in [6.45, 7) is 10.3. The lowest BCUT2D eigenvalue weighted by atomic mass is 9.47. The highest BCUT2D eigenvalue weighted by atomic mass is 16.7. The Balaban J connectivity index is 1.26. The van der Waals surface area contributed by atoms with E-state index in [9.17, 15) is 9.90 Å². The van der Waals surface area contributed by atoms with Gasteiger partial charge in [0.25, 0.3) is 0 Å². The average Bonchev–Trinajstić information content (AvgIpc) is 3.35. The second-order valence-electron chi connectivity index (χ2n) is 12.6. The zero-order valence-electron chi connectivity index (χ0n) is 20.8. The molecule has 4 aliphatic carbocycles. The Labute approximate surface area is 195 Å². The summed E-state index contributed by atoms with van der Waals surface area (Å²) in [5, 5.41) is 11.9. The number of carbonyl (C=O) groups is 1. The molecule has 180 valence electrons. The van der Waals surface area contributed by atoms with Gasteiger partial charge in [0.05, 0.1) is 18.8 Å². The van der Waals surface area contributed by atoms with Crippen LogP contribution in [0.4, 0.5) is 0 Å². The van der Waals surface area contributed by atoms with Crippen molar-refractivity contribution in [3.8, 4) is 0 Å². The van der Waals surface area contributed by atoms with Gasteiger partial charge in [-0.1, -0.05) is 32.4 Å². The molecule has 1 heterocycles. The number of aliphatic hydroxyl groups is 1. The average molecular weight is 444 g/mol. The molecule has 0 radical (unpaired) electrons. The predicted molar refractivity (Wildman–Crippen MR) is 126 cm³/mol. The van der Waals surface area contributed by atoms with E-state index in [0.29, 0.717) is 29.8 Å². The first kappa shape index (κ1) is 22.9. The fraction of sp³-hybridized carbons (Fsp3) is 0.893. The zero-order chi connectivity index (χ0) is 22.7. The van der Waals surface area contributed by atoms with Crippen molar-refractivity contribution >= 4 is 5.91 Å². The molecule has 4 nitrogen and oxygen atoms in total. The molecule has 32 heavy (non-hydrogen) atoms.